The zero-order valence-electron chi connectivity index (χ0n) is 7.23. The zero-order chi connectivity index (χ0) is 9.42. The number of carbonyl (C=O) groups is 1. The largest absolute Gasteiger partial charge is 0.478 e. The summed E-state index contributed by atoms with van der Waals surface area (Å²) in [6, 6.07) is 0.215. The second-order valence-electron chi connectivity index (χ2n) is 3.10. The third-order valence-electron chi connectivity index (χ3n) is 2.14. The molecule has 1 N–H and O–H groups in total. The van der Waals surface area contributed by atoms with Crippen molar-refractivity contribution in [2.24, 2.45) is 0 Å². The first kappa shape index (κ1) is 8.25. The fourth-order valence-corrected chi connectivity index (χ4v) is 1.25. The molecule has 13 heavy (non-hydrogen) atoms. The van der Waals surface area contributed by atoms with Gasteiger partial charge in [0.1, 0.15) is 5.56 Å². The third-order valence-corrected chi connectivity index (χ3v) is 2.14. The average Bonchev–Trinajstić information content (AvgIpc) is 2.27. The summed E-state index contributed by atoms with van der Waals surface area (Å²) in [5.41, 5.74) is 0.825. The molecule has 0 radical (unpaired) electrons. The minimum Gasteiger partial charge on any atom is -0.478 e. The van der Waals surface area contributed by atoms with Crippen LogP contribution >= 0.6 is 0 Å². The van der Waals surface area contributed by atoms with Crippen LogP contribution in [0, 0.1) is 6.92 Å². The molecule has 5 heteroatoms. The van der Waals surface area contributed by atoms with Gasteiger partial charge in [-0.05, 0) is 6.92 Å². The molecule has 1 aliphatic heterocycles. The molecule has 2 rings (SSSR count). The smallest absolute Gasteiger partial charge is 0.339 e. The standard InChI is InChI=1S/C8H10N2O3/c1-5-7(8(11)12)2-10(9-5)6-3-13-4-6/h2,6H,3-4H2,1H3,(H,11,12). The highest BCUT2D eigenvalue weighted by Gasteiger charge is 2.23. The number of aryl methyl sites for hydroxylation is 1. The van der Waals surface area contributed by atoms with Gasteiger partial charge < -0.3 is 9.84 Å². The van der Waals surface area contributed by atoms with Gasteiger partial charge in [-0.1, -0.05) is 0 Å². The fraction of sp³-hybridized carbons (Fsp3) is 0.500. The van der Waals surface area contributed by atoms with Crippen LogP contribution in [-0.4, -0.2) is 34.1 Å². The van der Waals surface area contributed by atoms with Crippen molar-refractivity contribution < 1.29 is 14.6 Å². The van der Waals surface area contributed by atoms with E-state index in [1.807, 2.05) is 0 Å². The lowest BCUT2D eigenvalue weighted by Gasteiger charge is -2.25. The van der Waals surface area contributed by atoms with Gasteiger partial charge in [0.25, 0.3) is 0 Å². The highest BCUT2D eigenvalue weighted by Crippen LogP contribution is 2.18. The van der Waals surface area contributed by atoms with Gasteiger partial charge in [0.05, 0.1) is 24.9 Å². The van der Waals surface area contributed by atoms with E-state index in [9.17, 15) is 4.79 Å². The van der Waals surface area contributed by atoms with Crippen molar-refractivity contribution in [1.82, 2.24) is 9.78 Å². The van der Waals surface area contributed by atoms with E-state index in [0.717, 1.165) is 0 Å². The Morgan fingerprint density at radius 3 is 2.85 bits per heavy atom. The van der Waals surface area contributed by atoms with Crippen molar-refractivity contribution in [2.75, 3.05) is 13.2 Å². The highest BCUT2D eigenvalue weighted by molar-refractivity contribution is 5.88. The zero-order valence-corrected chi connectivity index (χ0v) is 7.23. The van der Waals surface area contributed by atoms with E-state index in [2.05, 4.69) is 5.10 Å². The van der Waals surface area contributed by atoms with Crippen molar-refractivity contribution in [3.8, 4) is 0 Å². The van der Waals surface area contributed by atoms with Crippen LogP contribution in [0.3, 0.4) is 0 Å². The average molecular weight is 182 g/mol. The summed E-state index contributed by atoms with van der Waals surface area (Å²) in [6.45, 7) is 2.94. The minimum atomic E-state index is -0.927. The summed E-state index contributed by atoms with van der Waals surface area (Å²) in [7, 11) is 0. The number of hydrogen-bond acceptors (Lipinski definition) is 3. The Bertz CT molecular complexity index is 341. The molecule has 0 amide bonds. The molecule has 0 aliphatic carbocycles. The predicted molar refractivity (Wildman–Crippen MR) is 43.8 cm³/mol. The maximum absolute atomic E-state index is 10.7. The number of nitrogens with zero attached hydrogens (tertiary/aromatic N) is 2. The van der Waals surface area contributed by atoms with Crippen LogP contribution in [0.25, 0.3) is 0 Å². The number of ether oxygens (including phenoxy) is 1. The Labute approximate surface area is 74.9 Å². The van der Waals surface area contributed by atoms with Gasteiger partial charge in [0.2, 0.25) is 0 Å². The summed E-state index contributed by atoms with van der Waals surface area (Å²) in [6.07, 6.45) is 1.56. The molecule has 0 unspecified atom stereocenters. The van der Waals surface area contributed by atoms with E-state index in [1.54, 1.807) is 17.8 Å². The molecular weight excluding hydrogens is 172 g/mol. The molecule has 1 aromatic heterocycles. The first-order chi connectivity index (χ1) is 6.18. The molecular formula is C8H10N2O3. The molecule has 1 aliphatic rings. The lowest BCUT2D eigenvalue weighted by Crippen LogP contribution is -2.30. The second kappa shape index (κ2) is 2.85. The van der Waals surface area contributed by atoms with Crippen molar-refractivity contribution in [1.29, 1.82) is 0 Å². The lowest BCUT2D eigenvalue weighted by molar-refractivity contribution is -0.0287. The normalized spacial score (nSPS) is 17.0. The van der Waals surface area contributed by atoms with Crippen LogP contribution in [-0.2, 0) is 4.74 Å². The lowest BCUT2D eigenvalue weighted by atomic mass is 10.2. The van der Waals surface area contributed by atoms with Crippen molar-refractivity contribution in [2.45, 2.75) is 13.0 Å². The second-order valence-corrected chi connectivity index (χ2v) is 3.10. The Morgan fingerprint density at radius 1 is 1.77 bits per heavy atom. The topological polar surface area (TPSA) is 64.4 Å². The van der Waals surface area contributed by atoms with E-state index >= 15 is 0 Å². The maximum Gasteiger partial charge on any atom is 0.339 e. The Kier molecular flexibility index (Phi) is 1.81. The molecule has 1 saturated heterocycles. The third kappa shape index (κ3) is 1.31. The van der Waals surface area contributed by atoms with Gasteiger partial charge in [-0.25, -0.2) is 4.79 Å². The number of aromatic carboxylic acids is 1. The van der Waals surface area contributed by atoms with Crippen LogP contribution in [0.2, 0.25) is 0 Å². The van der Waals surface area contributed by atoms with Crippen LogP contribution < -0.4 is 0 Å². The summed E-state index contributed by atoms with van der Waals surface area (Å²) >= 11 is 0. The first-order valence-electron chi connectivity index (χ1n) is 4.05. The fourth-order valence-electron chi connectivity index (χ4n) is 1.25. The number of hydrogen-bond donors (Lipinski definition) is 1. The quantitative estimate of drug-likeness (QED) is 0.721. The van der Waals surface area contributed by atoms with Crippen LogP contribution in [0.15, 0.2) is 6.20 Å². The summed E-state index contributed by atoms with van der Waals surface area (Å²) < 4.78 is 6.66. The molecule has 2 heterocycles. The van der Waals surface area contributed by atoms with E-state index in [4.69, 9.17) is 9.84 Å². The monoisotopic (exact) mass is 182 g/mol. The maximum atomic E-state index is 10.7. The van der Waals surface area contributed by atoms with Gasteiger partial charge in [-0.2, -0.15) is 5.10 Å². The Balaban J connectivity index is 2.28. The number of carboxylic acid groups (broad SMARTS) is 1. The molecule has 5 nitrogen and oxygen atoms in total. The predicted octanol–water partition coefficient (Wildman–Crippen LogP) is 0.461. The molecule has 70 valence electrons. The Hall–Kier alpha value is -1.36. The summed E-state index contributed by atoms with van der Waals surface area (Å²) in [5, 5.41) is 12.9. The van der Waals surface area contributed by atoms with Gasteiger partial charge >= 0.3 is 5.97 Å². The van der Waals surface area contributed by atoms with E-state index in [-0.39, 0.29) is 11.6 Å². The molecule has 0 bridgehead atoms. The Morgan fingerprint density at radius 2 is 2.46 bits per heavy atom. The van der Waals surface area contributed by atoms with Gasteiger partial charge in [-0.15, -0.1) is 0 Å². The van der Waals surface area contributed by atoms with Crippen molar-refractivity contribution in [3.63, 3.8) is 0 Å². The van der Waals surface area contributed by atoms with E-state index in [1.165, 1.54) is 0 Å². The van der Waals surface area contributed by atoms with Crippen molar-refractivity contribution >= 4 is 5.97 Å². The molecule has 0 spiro atoms. The molecule has 1 fully saturated rings. The molecule has 0 saturated carbocycles. The van der Waals surface area contributed by atoms with E-state index < -0.39 is 5.97 Å². The molecule has 0 aromatic carbocycles. The summed E-state index contributed by atoms with van der Waals surface area (Å²) in [4.78, 5) is 10.7. The number of carboxylic acids is 1. The van der Waals surface area contributed by atoms with Crippen molar-refractivity contribution in [3.05, 3.63) is 17.5 Å². The van der Waals surface area contributed by atoms with Crippen LogP contribution in [0.1, 0.15) is 22.1 Å². The van der Waals surface area contributed by atoms with Crippen LogP contribution in [0.4, 0.5) is 0 Å². The minimum absolute atomic E-state index is 0.215. The van der Waals surface area contributed by atoms with Gasteiger partial charge in [0, 0.05) is 6.20 Å². The molecule has 1 aromatic rings. The van der Waals surface area contributed by atoms with E-state index in [0.29, 0.717) is 18.9 Å². The number of rotatable bonds is 2. The van der Waals surface area contributed by atoms with Gasteiger partial charge in [0.15, 0.2) is 0 Å². The van der Waals surface area contributed by atoms with Gasteiger partial charge in [-0.3, -0.25) is 4.68 Å². The van der Waals surface area contributed by atoms with Crippen LogP contribution in [0.5, 0.6) is 0 Å². The SMILES string of the molecule is Cc1nn(C2COC2)cc1C(=O)O. The highest BCUT2D eigenvalue weighted by atomic mass is 16.5. The first-order valence-corrected chi connectivity index (χ1v) is 4.05. The molecule has 0 atom stereocenters. The number of aromatic nitrogens is 2. The summed E-state index contributed by atoms with van der Waals surface area (Å²) in [5.74, 6) is -0.927.